The number of carbonyl (C=O) groups is 1. The van der Waals surface area contributed by atoms with Crippen molar-refractivity contribution in [3.05, 3.63) is 52.5 Å². The van der Waals surface area contributed by atoms with E-state index in [0.717, 1.165) is 11.3 Å². The number of hydrogen-bond acceptors (Lipinski definition) is 4. The van der Waals surface area contributed by atoms with Gasteiger partial charge in [0, 0.05) is 17.1 Å². The highest BCUT2D eigenvalue weighted by atomic mass is 32.1. The predicted octanol–water partition coefficient (Wildman–Crippen LogP) is 2.05. The molecule has 3 N–H and O–H groups in total. The van der Waals surface area contributed by atoms with E-state index in [2.05, 4.69) is 10.3 Å². The molecule has 2 rings (SSSR count). The first kappa shape index (κ1) is 12.3. The Labute approximate surface area is 109 Å². The van der Waals surface area contributed by atoms with E-state index in [4.69, 9.17) is 5.73 Å². The van der Waals surface area contributed by atoms with Gasteiger partial charge in [0.05, 0.1) is 17.7 Å². The van der Waals surface area contributed by atoms with Crippen molar-refractivity contribution in [3.8, 4) is 0 Å². The maximum Gasteiger partial charge on any atom is 0.244 e. The molecule has 1 amide bonds. The van der Waals surface area contributed by atoms with Crippen LogP contribution in [0.4, 0.5) is 5.69 Å². The van der Waals surface area contributed by atoms with Gasteiger partial charge in [-0.3, -0.25) is 4.79 Å². The maximum absolute atomic E-state index is 11.5. The summed E-state index contributed by atoms with van der Waals surface area (Å²) in [5.74, 6) is -0.148. The number of rotatable bonds is 4. The Bertz CT molecular complexity index is 549. The van der Waals surface area contributed by atoms with Crippen LogP contribution in [0.2, 0.25) is 0 Å². The number of amides is 1. The molecule has 0 aliphatic heterocycles. The number of aromatic nitrogens is 1. The van der Waals surface area contributed by atoms with Crippen molar-refractivity contribution in [1.82, 2.24) is 10.3 Å². The van der Waals surface area contributed by atoms with Gasteiger partial charge in [-0.05, 0) is 23.8 Å². The molecule has 1 heterocycles. The molecule has 0 fully saturated rings. The molecule has 2 aromatic rings. The fraction of sp³-hybridized carbons (Fsp3) is 0.0769. The monoisotopic (exact) mass is 259 g/mol. The summed E-state index contributed by atoms with van der Waals surface area (Å²) >= 11 is 1.51. The Hall–Kier alpha value is -2.14. The van der Waals surface area contributed by atoms with Crippen LogP contribution >= 0.6 is 11.3 Å². The van der Waals surface area contributed by atoms with E-state index in [1.807, 2.05) is 23.6 Å². The van der Waals surface area contributed by atoms with Gasteiger partial charge in [0.15, 0.2) is 0 Å². The minimum absolute atomic E-state index is 0.148. The zero-order valence-electron chi connectivity index (χ0n) is 9.67. The number of carbonyl (C=O) groups excluding carboxylic acids is 1. The number of nitrogens with two attached hydrogens (primary N) is 1. The first-order valence-electron chi connectivity index (χ1n) is 5.42. The fourth-order valence-corrected chi connectivity index (χ4v) is 1.95. The van der Waals surface area contributed by atoms with Gasteiger partial charge < -0.3 is 11.1 Å². The molecule has 0 aliphatic carbocycles. The summed E-state index contributed by atoms with van der Waals surface area (Å²) in [7, 11) is 0. The topological polar surface area (TPSA) is 68.0 Å². The van der Waals surface area contributed by atoms with Crippen LogP contribution in [0.25, 0.3) is 6.08 Å². The normalized spacial score (nSPS) is 10.7. The Morgan fingerprint density at radius 1 is 1.50 bits per heavy atom. The van der Waals surface area contributed by atoms with Gasteiger partial charge >= 0.3 is 0 Å². The summed E-state index contributed by atoms with van der Waals surface area (Å²) in [6, 6.07) is 7.35. The Morgan fingerprint density at radius 3 is 3.11 bits per heavy atom. The van der Waals surface area contributed by atoms with E-state index in [1.165, 1.54) is 17.4 Å². The zero-order chi connectivity index (χ0) is 12.8. The minimum Gasteiger partial charge on any atom is -0.399 e. The lowest BCUT2D eigenvalue weighted by Gasteiger charge is -1.99. The first-order valence-corrected chi connectivity index (χ1v) is 6.37. The van der Waals surface area contributed by atoms with E-state index < -0.39 is 0 Å². The molecular weight excluding hydrogens is 246 g/mol. The van der Waals surface area contributed by atoms with Gasteiger partial charge in [-0.2, -0.15) is 0 Å². The summed E-state index contributed by atoms with van der Waals surface area (Å²) in [4.78, 5) is 15.6. The molecule has 0 atom stereocenters. The molecule has 0 spiro atoms. The molecule has 0 aliphatic rings. The van der Waals surface area contributed by atoms with Crippen LogP contribution in [0.5, 0.6) is 0 Å². The molecule has 18 heavy (non-hydrogen) atoms. The smallest absolute Gasteiger partial charge is 0.244 e. The predicted molar refractivity (Wildman–Crippen MR) is 73.8 cm³/mol. The molecular formula is C13H13N3OS. The minimum atomic E-state index is -0.148. The van der Waals surface area contributed by atoms with Crippen LogP contribution in [-0.2, 0) is 11.3 Å². The number of hydrogen-bond donors (Lipinski definition) is 2. The summed E-state index contributed by atoms with van der Waals surface area (Å²) in [5, 5.41) is 4.66. The number of nitrogens with zero attached hydrogens (tertiary/aromatic N) is 1. The van der Waals surface area contributed by atoms with Gasteiger partial charge in [0.1, 0.15) is 0 Å². The zero-order valence-corrected chi connectivity index (χ0v) is 10.5. The third kappa shape index (κ3) is 3.71. The van der Waals surface area contributed by atoms with Crippen molar-refractivity contribution in [2.75, 3.05) is 5.73 Å². The van der Waals surface area contributed by atoms with Crippen LogP contribution in [-0.4, -0.2) is 10.9 Å². The standard InChI is InChI=1S/C13H13N3OS/c14-11-3-1-2-10(6-11)4-5-13(17)15-7-12-8-18-9-16-12/h1-6,8-9H,7,14H2,(H,15,17)/b5-4+. The lowest BCUT2D eigenvalue weighted by molar-refractivity contribution is -0.116. The van der Waals surface area contributed by atoms with Crippen molar-refractivity contribution in [3.63, 3.8) is 0 Å². The van der Waals surface area contributed by atoms with Crippen molar-refractivity contribution in [1.29, 1.82) is 0 Å². The number of nitrogens with one attached hydrogen (secondary N) is 1. The molecule has 0 bridgehead atoms. The van der Waals surface area contributed by atoms with E-state index >= 15 is 0 Å². The van der Waals surface area contributed by atoms with Crippen molar-refractivity contribution < 1.29 is 4.79 Å². The highest BCUT2D eigenvalue weighted by Gasteiger charge is 1.98. The Balaban J connectivity index is 1.87. The first-order chi connectivity index (χ1) is 8.74. The van der Waals surface area contributed by atoms with Crippen LogP contribution in [0.3, 0.4) is 0 Å². The summed E-state index contributed by atoms with van der Waals surface area (Å²) in [5.41, 5.74) is 9.84. The SMILES string of the molecule is Nc1cccc(/C=C/C(=O)NCc2cscn2)c1. The summed E-state index contributed by atoms with van der Waals surface area (Å²) < 4.78 is 0. The Morgan fingerprint density at radius 2 is 2.39 bits per heavy atom. The fourth-order valence-electron chi connectivity index (χ4n) is 1.40. The summed E-state index contributed by atoms with van der Waals surface area (Å²) in [6.45, 7) is 0.448. The number of benzene rings is 1. The molecule has 1 aromatic heterocycles. The molecule has 0 radical (unpaired) electrons. The van der Waals surface area contributed by atoms with Crippen LogP contribution < -0.4 is 11.1 Å². The van der Waals surface area contributed by atoms with Gasteiger partial charge in [0.25, 0.3) is 0 Å². The molecule has 0 saturated heterocycles. The van der Waals surface area contributed by atoms with Crippen molar-refractivity contribution >= 4 is 29.0 Å². The second-order valence-electron chi connectivity index (χ2n) is 3.70. The van der Waals surface area contributed by atoms with E-state index in [9.17, 15) is 4.79 Å². The van der Waals surface area contributed by atoms with Gasteiger partial charge in [0.2, 0.25) is 5.91 Å². The average Bonchev–Trinajstić information content (AvgIpc) is 2.87. The quantitative estimate of drug-likeness (QED) is 0.652. The third-order valence-corrected chi connectivity index (χ3v) is 2.90. The van der Waals surface area contributed by atoms with Crippen molar-refractivity contribution in [2.24, 2.45) is 0 Å². The van der Waals surface area contributed by atoms with Crippen LogP contribution in [0.15, 0.2) is 41.2 Å². The number of thiazole rings is 1. The van der Waals surface area contributed by atoms with Crippen LogP contribution in [0, 0.1) is 0 Å². The molecule has 0 saturated carbocycles. The largest absolute Gasteiger partial charge is 0.399 e. The number of anilines is 1. The second kappa shape index (κ2) is 5.97. The third-order valence-electron chi connectivity index (χ3n) is 2.27. The highest BCUT2D eigenvalue weighted by Crippen LogP contribution is 2.07. The van der Waals surface area contributed by atoms with E-state index in [0.29, 0.717) is 12.2 Å². The van der Waals surface area contributed by atoms with Crippen LogP contribution in [0.1, 0.15) is 11.3 Å². The molecule has 1 aromatic carbocycles. The molecule has 0 unspecified atom stereocenters. The highest BCUT2D eigenvalue weighted by molar-refractivity contribution is 7.07. The van der Waals surface area contributed by atoms with Crippen molar-refractivity contribution in [2.45, 2.75) is 6.54 Å². The Kier molecular flexibility index (Phi) is 4.09. The number of nitrogen functional groups attached to an aromatic ring is 1. The lowest BCUT2D eigenvalue weighted by Crippen LogP contribution is -2.20. The van der Waals surface area contributed by atoms with E-state index in [-0.39, 0.29) is 5.91 Å². The molecule has 92 valence electrons. The lowest BCUT2D eigenvalue weighted by atomic mass is 10.2. The average molecular weight is 259 g/mol. The summed E-state index contributed by atoms with van der Waals surface area (Å²) in [6.07, 6.45) is 3.22. The maximum atomic E-state index is 11.5. The van der Waals surface area contributed by atoms with Gasteiger partial charge in [-0.25, -0.2) is 4.98 Å². The molecule has 4 nitrogen and oxygen atoms in total. The van der Waals surface area contributed by atoms with E-state index in [1.54, 1.807) is 17.7 Å². The second-order valence-corrected chi connectivity index (χ2v) is 4.42. The molecule has 5 heteroatoms. The van der Waals surface area contributed by atoms with Gasteiger partial charge in [-0.15, -0.1) is 11.3 Å². The van der Waals surface area contributed by atoms with Gasteiger partial charge in [-0.1, -0.05) is 12.1 Å².